The Hall–Kier alpha value is -2.95. The van der Waals surface area contributed by atoms with Crippen molar-refractivity contribution in [3.63, 3.8) is 0 Å². The second kappa shape index (κ2) is 7.75. The van der Waals surface area contributed by atoms with E-state index < -0.39 is 0 Å². The highest BCUT2D eigenvalue weighted by molar-refractivity contribution is 5.79. The van der Waals surface area contributed by atoms with Crippen molar-refractivity contribution in [1.82, 2.24) is 14.5 Å². The molecule has 1 amide bonds. The third kappa shape index (κ3) is 3.94. The van der Waals surface area contributed by atoms with Crippen LogP contribution in [0.1, 0.15) is 18.9 Å². The summed E-state index contributed by atoms with van der Waals surface area (Å²) in [5.41, 5.74) is 1.54. The summed E-state index contributed by atoms with van der Waals surface area (Å²) in [6, 6.07) is 17.0. The Morgan fingerprint density at radius 3 is 2.56 bits per heavy atom. The molecule has 1 heterocycles. The Labute approximate surface area is 146 Å². The van der Waals surface area contributed by atoms with Crippen molar-refractivity contribution in [2.24, 2.45) is 0 Å². The first-order valence-corrected chi connectivity index (χ1v) is 8.45. The van der Waals surface area contributed by atoms with Gasteiger partial charge in [0.2, 0.25) is 5.91 Å². The van der Waals surface area contributed by atoms with Crippen molar-refractivity contribution in [2.75, 3.05) is 6.54 Å². The third-order valence-corrected chi connectivity index (χ3v) is 4.10. The van der Waals surface area contributed by atoms with Crippen LogP contribution in [0, 0.1) is 0 Å². The largest absolute Gasteiger partial charge is 0.337 e. The monoisotopic (exact) mass is 335 g/mol. The molecule has 0 atom stereocenters. The fraction of sp³-hybridized carbons (Fsp3) is 0.250. The molecule has 0 aliphatic carbocycles. The number of fused-ring (bicyclic) bond motifs is 1. The molecule has 0 fully saturated rings. The minimum Gasteiger partial charge on any atom is -0.337 e. The first-order valence-electron chi connectivity index (χ1n) is 8.45. The molecule has 0 unspecified atom stereocenters. The lowest BCUT2D eigenvalue weighted by Crippen LogP contribution is -2.36. The van der Waals surface area contributed by atoms with Crippen molar-refractivity contribution < 1.29 is 4.79 Å². The van der Waals surface area contributed by atoms with Gasteiger partial charge >= 0.3 is 0 Å². The summed E-state index contributed by atoms with van der Waals surface area (Å²) in [5.74, 6) is -0.0788. The second-order valence-corrected chi connectivity index (χ2v) is 6.00. The van der Waals surface area contributed by atoms with Crippen molar-refractivity contribution in [2.45, 2.75) is 26.4 Å². The molecule has 2 aromatic carbocycles. The van der Waals surface area contributed by atoms with Gasteiger partial charge in [-0.2, -0.15) is 0 Å². The minimum absolute atomic E-state index is 0.00347. The van der Waals surface area contributed by atoms with Crippen LogP contribution in [0.2, 0.25) is 0 Å². The molecule has 0 aliphatic heterocycles. The molecule has 3 rings (SSSR count). The van der Waals surface area contributed by atoms with Gasteiger partial charge in [-0.3, -0.25) is 14.2 Å². The highest BCUT2D eigenvalue weighted by atomic mass is 16.2. The fourth-order valence-electron chi connectivity index (χ4n) is 2.83. The van der Waals surface area contributed by atoms with Crippen molar-refractivity contribution >= 4 is 16.8 Å². The lowest BCUT2D eigenvalue weighted by Gasteiger charge is -2.22. The molecule has 0 spiro atoms. The quantitative estimate of drug-likeness (QED) is 0.696. The van der Waals surface area contributed by atoms with Gasteiger partial charge < -0.3 is 4.90 Å². The van der Waals surface area contributed by atoms with Crippen LogP contribution in [0.4, 0.5) is 0 Å². The summed E-state index contributed by atoms with van der Waals surface area (Å²) in [4.78, 5) is 31.4. The van der Waals surface area contributed by atoms with Crippen LogP contribution in [-0.2, 0) is 17.9 Å². The highest BCUT2D eigenvalue weighted by Gasteiger charge is 2.15. The standard InChI is InChI=1S/C20H21N3O2/c1-2-12-22(13-16-8-4-3-5-9-16)19(24)14-23-15-21-18-11-7-6-10-17(18)20(23)25/h3-11,15H,2,12-14H2,1H3. The van der Waals surface area contributed by atoms with Gasteiger partial charge in [-0.05, 0) is 24.1 Å². The molecule has 3 aromatic rings. The summed E-state index contributed by atoms with van der Waals surface area (Å²) in [5, 5.41) is 0.530. The number of nitrogens with zero attached hydrogens (tertiary/aromatic N) is 3. The van der Waals surface area contributed by atoms with E-state index in [1.54, 1.807) is 23.1 Å². The van der Waals surface area contributed by atoms with E-state index in [1.807, 2.05) is 43.3 Å². The highest BCUT2D eigenvalue weighted by Crippen LogP contribution is 2.08. The van der Waals surface area contributed by atoms with Gasteiger partial charge in [0.1, 0.15) is 6.54 Å². The molecule has 0 saturated carbocycles. The second-order valence-electron chi connectivity index (χ2n) is 6.00. The zero-order valence-electron chi connectivity index (χ0n) is 14.3. The number of hydrogen-bond acceptors (Lipinski definition) is 3. The Bertz CT molecular complexity index is 919. The molecule has 1 aromatic heterocycles. The lowest BCUT2D eigenvalue weighted by molar-refractivity contribution is -0.132. The van der Waals surface area contributed by atoms with E-state index in [4.69, 9.17) is 0 Å². The molecule has 0 N–H and O–H groups in total. The molecule has 0 radical (unpaired) electrons. The van der Waals surface area contributed by atoms with Gasteiger partial charge in [-0.15, -0.1) is 0 Å². The summed E-state index contributed by atoms with van der Waals surface area (Å²) >= 11 is 0. The predicted octanol–water partition coefficient (Wildman–Crippen LogP) is 2.84. The number of carbonyl (C=O) groups is 1. The van der Waals surface area contributed by atoms with Crippen LogP contribution < -0.4 is 5.56 Å². The van der Waals surface area contributed by atoms with Crippen LogP contribution in [0.15, 0.2) is 65.7 Å². The van der Waals surface area contributed by atoms with E-state index in [9.17, 15) is 9.59 Å². The van der Waals surface area contributed by atoms with Gasteiger partial charge in [0.05, 0.1) is 17.2 Å². The average molecular weight is 335 g/mol. The summed E-state index contributed by atoms with van der Waals surface area (Å²) < 4.78 is 1.39. The maximum atomic E-state index is 12.7. The van der Waals surface area contributed by atoms with E-state index in [0.717, 1.165) is 12.0 Å². The van der Waals surface area contributed by atoms with E-state index in [0.29, 0.717) is 24.0 Å². The smallest absolute Gasteiger partial charge is 0.261 e. The number of aromatic nitrogens is 2. The number of amides is 1. The number of para-hydroxylation sites is 1. The Balaban J connectivity index is 1.81. The third-order valence-electron chi connectivity index (χ3n) is 4.10. The SMILES string of the molecule is CCCN(Cc1ccccc1)C(=O)Cn1cnc2ccccc2c1=O. The topological polar surface area (TPSA) is 55.2 Å². The zero-order chi connectivity index (χ0) is 17.6. The number of carbonyl (C=O) groups excluding carboxylic acids is 1. The summed E-state index contributed by atoms with van der Waals surface area (Å²) in [6.07, 6.45) is 2.32. The minimum atomic E-state index is -0.185. The maximum Gasteiger partial charge on any atom is 0.261 e. The Morgan fingerprint density at radius 1 is 1.08 bits per heavy atom. The molecule has 5 nitrogen and oxygen atoms in total. The van der Waals surface area contributed by atoms with Gasteiger partial charge in [-0.25, -0.2) is 4.98 Å². The van der Waals surface area contributed by atoms with Crippen molar-refractivity contribution in [3.8, 4) is 0 Å². The summed E-state index contributed by atoms with van der Waals surface area (Å²) in [7, 11) is 0. The average Bonchev–Trinajstić information content (AvgIpc) is 2.65. The van der Waals surface area contributed by atoms with Crippen LogP contribution in [0.3, 0.4) is 0 Å². The van der Waals surface area contributed by atoms with E-state index in [1.165, 1.54) is 10.9 Å². The molecule has 0 bridgehead atoms. The van der Waals surface area contributed by atoms with E-state index >= 15 is 0 Å². The van der Waals surface area contributed by atoms with Crippen LogP contribution in [-0.4, -0.2) is 26.9 Å². The summed E-state index contributed by atoms with van der Waals surface area (Å²) in [6.45, 7) is 3.24. The van der Waals surface area contributed by atoms with E-state index in [-0.39, 0.29) is 18.0 Å². The Kier molecular flexibility index (Phi) is 5.23. The molecule has 5 heteroatoms. The maximum absolute atomic E-state index is 12.7. The fourth-order valence-corrected chi connectivity index (χ4v) is 2.83. The first-order chi connectivity index (χ1) is 12.2. The van der Waals surface area contributed by atoms with Gasteiger partial charge in [-0.1, -0.05) is 49.4 Å². The molecular weight excluding hydrogens is 314 g/mol. The number of hydrogen-bond donors (Lipinski definition) is 0. The first kappa shape index (κ1) is 16.9. The molecule has 128 valence electrons. The lowest BCUT2D eigenvalue weighted by atomic mass is 10.2. The Morgan fingerprint density at radius 2 is 1.80 bits per heavy atom. The molecule has 25 heavy (non-hydrogen) atoms. The van der Waals surface area contributed by atoms with Crippen LogP contribution in [0.25, 0.3) is 10.9 Å². The van der Waals surface area contributed by atoms with Crippen LogP contribution >= 0.6 is 0 Å². The molecule has 0 aliphatic rings. The van der Waals surface area contributed by atoms with Crippen molar-refractivity contribution in [3.05, 3.63) is 76.8 Å². The van der Waals surface area contributed by atoms with Crippen molar-refractivity contribution in [1.29, 1.82) is 0 Å². The number of benzene rings is 2. The van der Waals surface area contributed by atoms with Gasteiger partial charge in [0.15, 0.2) is 0 Å². The normalized spacial score (nSPS) is 10.8. The number of rotatable bonds is 6. The zero-order valence-corrected chi connectivity index (χ0v) is 14.3. The van der Waals surface area contributed by atoms with E-state index in [2.05, 4.69) is 4.98 Å². The predicted molar refractivity (Wildman–Crippen MR) is 98.2 cm³/mol. The van der Waals surface area contributed by atoms with Gasteiger partial charge in [0.25, 0.3) is 5.56 Å². The van der Waals surface area contributed by atoms with Gasteiger partial charge in [0, 0.05) is 13.1 Å². The van der Waals surface area contributed by atoms with Crippen LogP contribution in [0.5, 0.6) is 0 Å². The molecular formula is C20H21N3O2. The molecule has 0 saturated heterocycles.